The van der Waals surface area contributed by atoms with Gasteiger partial charge in [-0.2, -0.15) is 18.3 Å². The number of allylic oxidation sites excluding steroid dienone is 5. The average molecular weight is 307 g/mol. The van der Waals surface area contributed by atoms with E-state index in [0.717, 1.165) is 12.0 Å². The van der Waals surface area contributed by atoms with Crippen molar-refractivity contribution >= 4 is 11.8 Å². The maximum atomic E-state index is 13.3. The first-order chi connectivity index (χ1) is 10.5. The van der Waals surface area contributed by atoms with Gasteiger partial charge in [-0.3, -0.25) is 10.1 Å². The number of aromatic nitrogens is 2. The van der Waals surface area contributed by atoms with E-state index in [1.54, 1.807) is 18.5 Å². The Morgan fingerprint density at radius 1 is 1.27 bits per heavy atom. The minimum absolute atomic E-state index is 0.208. The molecule has 0 fully saturated rings. The second-order valence-electron chi connectivity index (χ2n) is 5.61. The van der Waals surface area contributed by atoms with Crippen molar-refractivity contribution in [3.63, 3.8) is 0 Å². The van der Waals surface area contributed by atoms with Crippen molar-refractivity contribution < 1.29 is 13.2 Å². The van der Waals surface area contributed by atoms with Gasteiger partial charge >= 0.3 is 6.18 Å². The van der Waals surface area contributed by atoms with E-state index >= 15 is 0 Å². The number of hydrogen-bond donors (Lipinski definition) is 1. The van der Waals surface area contributed by atoms with Crippen molar-refractivity contribution in [2.45, 2.75) is 31.9 Å². The van der Waals surface area contributed by atoms with Crippen LogP contribution in [0.25, 0.3) is 5.57 Å². The van der Waals surface area contributed by atoms with Gasteiger partial charge in [0, 0.05) is 23.9 Å². The summed E-state index contributed by atoms with van der Waals surface area (Å²) in [5, 5.41) is 6.17. The molecule has 6 heteroatoms. The van der Waals surface area contributed by atoms with E-state index in [9.17, 15) is 13.2 Å². The number of alkyl halides is 3. The highest BCUT2D eigenvalue weighted by Gasteiger charge is 2.39. The van der Waals surface area contributed by atoms with E-state index in [1.165, 1.54) is 0 Å². The van der Waals surface area contributed by atoms with Gasteiger partial charge < -0.3 is 0 Å². The molecule has 116 valence electrons. The van der Waals surface area contributed by atoms with Crippen LogP contribution in [0.15, 0.2) is 35.5 Å². The van der Waals surface area contributed by atoms with Gasteiger partial charge in [0.15, 0.2) is 0 Å². The minimum Gasteiger partial charge on any atom is -0.273 e. The Balaban J connectivity index is 2.11. The third kappa shape index (κ3) is 2.77. The zero-order valence-corrected chi connectivity index (χ0v) is 12.1. The molecular formula is C16H16F3N3. The number of halogens is 3. The van der Waals surface area contributed by atoms with E-state index in [2.05, 4.69) is 15.2 Å². The molecule has 0 saturated carbocycles. The lowest BCUT2D eigenvalue weighted by atomic mass is 9.87. The summed E-state index contributed by atoms with van der Waals surface area (Å²) in [6.07, 6.45) is 7.55. The van der Waals surface area contributed by atoms with Gasteiger partial charge in [-0.25, -0.2) is 0 Å². The lowest BCUT2D eigenvalue weighted by Crippen LogP contribution is -2.13. The summed E-state index contributed by atoms with van der Waals surface area (Å²) in [5.41, 5.74) is 0.580. The molecule has 2 unspecified atom stereocenters. The molecule has 0 spiro atoms. The van der Waals surface area contributed by atoms with Crippen LogP contribution in [-0.2, 0) is 6.18 Å². The number of nitrogens with zero attached hydrogens (tertiary/aromatic N) is 2. The fourth-order valence-corrected chi connectivity index (χ4v) is 2.83. The second-order valence-corrected chi connectivity index (χ2v) is 5.61. The summed E-state index contributed by atoms with van der Waals surface area (Å²) in [4.78, 5) is 3.94. The van der Waals surface area contributed by atoms with Crippen molar-refractivity contribution in [2.75, 3.05) is 0 Å². The third-order valence-electron chi connectivity index (χ3n) is 3.87. The summed E-state index contributed by atoms with van der Waals surface area (Å²) >= 11 is 0. The number of aliphatic imine (C=N–C) groups is 1. The van der Waals surface area contributed by atoms with Crippen molar-refractivity contribution in [3.8, 4) is 0 Å². The van der Waals surface area contributed by atoms with Crippen LogP contribution in [0.2, 0.25) is 0 Å². The smallest absolute Gasteiger partial charge is 0.273 e. The Hall–Kier alpha value is -2.11. The summed E-state index contributed by atoms with van der Waals surface area (Å²) in [5.74, 6) is -0.0724. The highest BCUT2D eigenvalue weighted by atomic mass is 19.4. The Morgan fingerprint density at radius 3 is 2.73 bits per heavy atom. The lowest BCUT2D eigenvalue weighted by Gasteiger charge is -2.18. The fourth-order valence-electron chi connectivity index (χ4n) is 2.83. The van der Waals surface area contributed by atoms with Gasteiger partial charge in [-0.15, -0.1) is 0 Å². The first kappa shape index (κ1) is 14.8. The summed E-state index contributed by atoms with van der Waals surface area (Å²) in [6.45, 7) is 2.04. The Labute approximate surface area is 126 Å². The van der Waals surface area contributed by atoms with E-state index in [0.29, 0.717) is 18.0 Å². The van der Waals surface area contributed by atoms with Gasteiger partial charge in [0.1, 0.15) is 5.69 Å². The molecule has 1 aliphatic heterocycles. The van der Waals surface area contributed by atoms with Crippen molar-refractivity contribution in [1.82, 2.24) is 10.2 Å². The molecule has 2 heterocycles. The first-order valence-corrected chi connectivity index (χ1v) is 7.19. The lowest BCUT2D eigenvalue weighted by molar-refractivity contribution is -0.141. The van der Waals surface area contributed by atoms with Crippen molar-refractivity contribution in [2.24, 2.45) is 10.9 Å². The molecule has 0 radical (unpaired) electrons. The first-order valence-electron chi connectivity index (χ1n) is 7.19. The summed E-state index contributed by atoms with van der Waals surface area (Å²) in [7, 11) is 0. The largest absolute Gasteiger partial charge is 0.433 e. The Kier molecular flexibility index (Phi) is 3.76. The minimum atomic E-state index is -4.45. The zero-order valence-electron chi connectivity index (χ0n) is 12.1. The topological polar surface area (TPSA) is 41.0 Å². The van der Waals surface area contributed by atoms with Crippen LogP contribution in [0.5, 0.6) is 0 Å². The Morgan fingerprint density at radius 2 is 2.09 bits per heavy atom. The molecule has 0 bridgehead atoms. The van der Waals surface area contributed by atoms with Gasteiger partial charge in [0.25, 0.3) is 0 Å². The molecule has 0 aromatic carbocycles. The number of rotatable bonds is 2. The highest BCUT2D eigenvalue weighted by molar-refractivity contribution is 5.76. The van der Waals surface area contributed by atoms with E-state index in [1.807, 2.05) is 25.2 Å². The fraction of sp³-hybridized carbons (Fsp3) is 0.375. The average Bonchev–Trinajstić information content (AvgIpc) is 2.93. The van der Waals surface area contributed by atoms with Crippen LogP contribution >= 0.6 is 0 Å². The highest BCUT2D eigenvalue weighted by Crippen LogP contribution is 2.40. The molecule has 22 heavy (non-hydrogen) atoms. The van der Waals surface area contributed by atoms with Crippen LogP contribution in [0.1, 0.15) is 42.6 Å². The molecular weight excluding hydrogens is 291 g/mol. The van der Waals surface area contributed by atoms with Crippen LogP contribution in [0, 0.1) is 5.92 Å². The standard InChI is InChI=1S/C16H16F3N3/c1-10-3-2-4-12(9-10)14-13(11-5-7-20-8-6-11)15(22-21-14)16(17,18)19/h2,4-5,7-11H,3,6H2,1H3,(H,21,22). The summed E-state index contributed by atoms with van der Waals surface area (Å²) < 4.78 is 39.9. The molecule has 1 aliphatic carbocycles. The second kappa shape index (κ2) is 5.59. The maximum Gasteiger partial charge on any atom is 0.433 e. The molecule has 3 nitrogen and oxygen atoms in total. The molecule has 1 N–H and O–H groups in total. The van der Waals surface area contributed by atoms with Gasteiger partial charge in [0.2, 0.25) is 0 Å². The monoisotopic (exact) mass is 307 g/mol. The van der Waals surface area contributed by atoms with E-state index < -0.39 is 11.9 Å². The summed E-state index contributed by atoms with van der Waals surface area (Å²) in [6, 6.07) is 0. The zero-order chi connectivity index (χ0) is 15.7. The van der Waals surface area contributed by atoms with E-state index in [4.69, 9.17) is 0 Å². The molecule has 2 aliphatic rings. The van der Waals surface area contributed by atoms with Crippen molar-refractivity contribution in [3.05, 3.63) is 47.5 Å². The molecule has 3 rings (SSSR count). The normalized spacial score (nSPS) is 24.6. The molecule has 1 aromatic heterocycles. The van der Waals surface area contributed by atoms with E-state index in [-0.39, 0.29) is 11.5 Å². The quantitative estimate of drug-likeness (QED) is 0.860. The number of aromatic amines is 1. The van der Waals surface area contributed by atoms with Crippen LogP contribution in [0.3, 0.4) is 0 Å². The predicted molar refractivity (Wildman–Crippen MR) is 79.5 cm³/mol. The maximum absolute atomic E-state index is 13.3. The van der Waals surface area contributed by atoms with Crippen LogP contribution in [-0.4, -0.2) is 16.4 Å². The van der Waals surface area contributed by atoms with Gasteiger partial charge in [-0.1, -0.05) is 31.2 Å². The molecule has 2 atom stereocenters. The molecule has 1 aromatic rings. The number of nitrogens with one attached hydrogen (secondary N) is 1. The van der Waals surface area contributed by atoms with Gasteiger partial charge in [0.05, 0.1) is 5.69 Å². The molecule has 0 saturated heterocycles. The number of H-pyrrole nitrogens is 1. The van der Waals surface area contributed by atoms with Crippen molar-refractivity contribution in [1.29, 1.82) is 0 Å². The molecule has 0 amide bonds. The van der Waals surface area contributed by atoms with Crippen LogP contribution < -0.4 is 0 Å². The third-order valence-corrected chi connectivity index (χ3v) is 3.87. The van der Waals surface area contributed by atoms with Gasteiger partial charge in [-0.05, 0) is 24.3 Å². The SMILES string of the molecule is CC1C=C(c2n[nH]c(C(F)(F)F)c2C2C=CN=CC2)C=CC1. The number of hydrogen-bond acceptors (Lipinski definition) is 2. The Bertz CT molecular complexity index is 677. The van der Waals surface area contributed by atoms with Crippen LogP contribution in [0.4, 0.5) is 13.2 Å². The predicted octanol–water partition coefficient (Wildman–Crippen LogP) is 4.48.